The van der Waals surface area contributed by atoms with E-state index in [0.29, 0.717) is 18.2 Å². The first-order valence-corrected chi connectivity index (χ1v) is 9.33. The molecule has 3 amide bonds. The Labute approximate surface area is 167 Å². The number of ether oxygens (including phenoxy) is 1. The summed E-state index contributed by atoms with van der Waals surface area (Å²) >= 11 is 0. The summed E-state index contributed by atoms with van der Waals surface area (Å²) in [6, 6.07) is 7.46. The van der Waals surface area contributed by atoms with E-state index < -0.39 is 30.3 Å². The van der Waals surface area contributed by atoms with Gasteiger partial charge in [0.1, 0.15) is 5.76 Å². The van der Waals surface area contributed by atoms with Crippen LogP contribution in [-0.2, 0) is 16.1 Å². The van der Waals surface area contributed by atoms with Crippen LogP contribution in [-0.4, -0.2) is 41.7 Å². The van der Waals surface area contributed by atoms with Crippen molar-refractivity contribution < 1.29 is 28.3 Å². The van der Waals surface area contributed by atoms with Gasteiger partial charge in [-0.1, -0.05) is 13.8 Å². The second kappa shape index (κ2) is 8.72. The molecule has 29 heavy (non-hydrogen) atoms. The van der Waals surface area contributed by atoms with Crippen LogP contribution in [0.15, 0.2) is 41.0 Å². The minimum Gasteiger partial charge on any atom is -0.467 e. The summed E-state index contributed by atoms with van der Waals surface area (Å²) in [5, 5.41) is 2.67. The molecule has 1 aliphatic heterocycles. The molecule has 8 heteroatoms. The smallest absolute Gasteiger partial charge is 0.338 e. The highest BCUT2D eigenvalue weighted by atomic mass is 16.5. The minimum atomic E-state index is -0.739. The van der Waals surface area contributed by atoms with Crippen LogP contribution < -0.4 is 5.32 Å². The average molecular weight is 398 g/mol. The third kappa shape index (κ3) is 4.71. The molecule has 0 saturated heterocycles. The quantitative estimate of drug-likeness (QED) is 0.541. The van der Waals surface area contributed by atoms with Crippen molar-refractivity contribution in [2.45, 2.75) is 26.8 Å². The molecule has 3 rings (SSSR count). The van der Waals surface area contributed by atoms with Crippen LogP contribution in [0.5, 0.6) is 0 Å². The summed E-state index contributed by atoms with van der Waals surface area (Å²) in [6.07, 6.45) is 2.29. The Morgan fingerprint density at radius 1 is 1.14 bits per heavy atom. The van der Waals surface area contributed by atoms with Gasteiger partial charge >= 0.3 is 5.97 Å². The summed E-state index contributed by atoms with van der Waals surface area (Å²) in [4.78, 5) is 50.1. The summed E-state index contributed by atoms with van der Waals surface area (Å²) in [5.74, 6) is -1.17. The predicted octanol–water partition coefficient (Wildman–Crippen LogP) is 2.39. The number of benzene rings is 1. The largest absolute Gasteiger partial charge is 0.467 e. The van der Waals surface area contributed by atoms with Gasteiger partial charge in [-0.15, -0.1) is 0 Å². The van der Waals surface area contributed by atoms with Crippen LogP contribution in [0, 0.1) is 5.92 Å². The molecule has 0 radical (unpaired) electrons. The van der Waals surface area contributed by atoms with Crippen molar-refractivity contribution in [2.24, 2.45) is 5.92 Å². The van der Waals surface area contributed by atoms with Gasteiger partial charge in [-0.25, -0.2) is 4.79 Å². The number of carbonyl (C=O) groups excluding carboxylic acids is 4. The molecule has 0 bridgehead atoms. The number of nitrogens with zero attached hydrogens (tertiary/aromatic N) is 1. The van der Waals surface area contributed by atoms with Crippen LogP contribution in [0.4, 0.5) is 0 Å². The SMILES string of the molecule is CC(C)CCNC(=O)COC(=O)c1ccc2c(c1)C(=O)N(Cc1ccco1)C2=O. The van der Waals surface area contributed by atoms with Crippen LogP contribution in [0.2, 0.25) is 0 Å². The molecule has 2 heterocycles. The van der Waals surface area contributed by atoms with E-state index in [1.54, 1.807) is 12.1 Å². The van der Waals surface area contributed by atoms with Crippen LogP contribution >= 0.6 is 0 Å². The number of carbonyl (C=O) groups is 4. The lowest BCUT2D eigenvalue weighted by atomic mass is 10.1. The lowest BCUT2D eigenvalue weighted by molar-refractivity contribution is -0.124. The number of esters is 1. The van der Waals surface area contributed by atoms with Gasteiger partial charge in [-0.3, -0.25) is 19.3 Å². The van der Waals surface area contributed by atoms with Gasteiger partial charge in [0.15, 0.2) is 6.61 Å². The topological polar surface area (TPSA) is 106 Å². The Balaban J connectivity index is 1.62. The van der Waals surface area contributed by atoms with Gasteiger partial charge in [0.25, 0.3) is 17.7 Å². The first-order valence-electron chi connectivity index (χ1n) is 9.33. The van der Waals surface area contributed by atoms with Gasteiger partial charge in [0.2, 0.25) is 0 Å². The first-order chi connectivity index (χ1) is 13.9. The van der Waals surface area contributed by atoms with Crippen molar-refractivity contribution in [1.82, 2.24) is 10.2 Å². The molecule has 0 saturated carbocycles. The molecule has 0 spiro atoms. The standard InChI is InChI=1S/C21H22N2O6/c1-13(2)7-8-22-18(24)12-29-21(27)14-5-6-16-17(10-14)20(26)23(19(16)25)11-15-4-3-9-28-15/h3-6,9-10,13H,7-8,11-12H2,1-2H3,(H,22,24). The molecule has 152 valence electrons. The number of hydrogen-bond acceptors (Lipinski definition) is 6. The highest BCUT2D eigenvalue weighted by Crippen LogP contribution is 2.26. The van der Waals surface area contributed by atoms with E-state index in [0.717, 1.165) is 11.3 Å². The third-order valence-corrected chi connectivity index (χ3v) is 4.48. The van der Waals surface area contributed by atoms with Crippen LogP contribution in [0.1, 0.15) is 57.1 Å². The number of hydrogen-bond donors (Lipinski definition) is 1. The Morgan fingerprint density at radius 3 is 2.59 bits per heavy atom. The van der Waals surface area contributed by atoms with E-state index >= 15 is 0 Å². The second-order valence-corrected chi connectivity index (χ2v) is 7.14. The van der Waals surface area contributed by atoms with Gasteiger partial charge in [-0.2, -0.15) is 0 Å². The van der Waals surface area contributed by atoms with Crippen LogP contribution in [0.25, 0.3) is 0 Å². The van der Waals surface area contributed by atoms with E-state index in [4.69, 9.17) is 9.15 Å². The van der Waals surface area contributed by atoms with Crippen molar-refractivity contribution in [3.8, 4) is 0 Å². The predicted molar refractivity (Wildman–Crippen MR) is 102 cm³/mol. The fourth-order valence-electron chi connectivity index (χ4n) is 2.89. The first kappa shape index (κ1) is 20.3. The van der Waals surface area contributed by atoms with E-state index in [1.165, 1.54) is 24.5 Å². The highest BCUT2D eigenvalue weighted by Gasteiger charge is 2.36. The maximum Gasteiger partial charge on any atom is 0.338 e. The number of amides is 3. The zero-order chi connectivity index (χ0) is 21.0. The van der Waals surface area contributed by atoms with E-state index in [1.807, 2.05) is 13.8 Å². The minimum absolute atomic E-state index is 0.00960. The van der Waals surface area contributed by atoms with Gasteiger partial charge < -0.3 is 14.5 Å². The number of imide groups is 1. The number of fused-ring (bicyclic) bond motifs is 1. The summed E-state index contributed by atoms with van der Waals surface area (Å²) in [5.41, 5.74) is 0.432. The zero-order valence-electron chi connectivity index (χ0n) is 16.3. The molecule has 8 nitrogen and oxygen atoms in total. The van der Waals surface area contributed by atoms with E-state index in [-0.39, 0.29) is 23.2 Å². The molecular weight excluding hydrogens is 376 g/mol. The molecule has 0 atom stereocenters. The number of nitrogens with one attached hydrogen (secondary N) is 1. The van der Waals surface area contributed by atoms with E-state index in [9.17, 15) is 19.2 Å². The molecule has 1 aromatic carbocycles. The zero-order valence-corrected chi connectivity index (χ0v) is 16.3. The van der Waals surface area contributed by atoms with Gasteiger partial charge in [0, 0.05) is 6.54 Å². The lowest BCUT2D eigenvalue weighted by Crippen LogP contribution is -2.30. The van der Waals surface area contributed by atoms with Crippen molar-refractivity contribution in [1.29, 1.82) is 0 Å². The Morgan fingerprint density at radius 2 is 1.90 bits per heavy atom. The summed E-state index contributed by atoms with van der Waals surface area (Å²) < 4.78 is 10.2. The second-order valence-electron chi connectivity index (χ2n) is 7.14. The highest BCUT2D eigenvalue weighted by molar-refractivity contribution is 6.21. The average Bonchev–Trinajstić information content (AvgIpc) is 3.29. The number of rotatable bonds is 8. The lowest BCUT2D eigenvalue weighted by Gasteiger charge is -2.11. The Kier molecular flexibility index (Phi) is 6.11. The third-order valence-electron chi connectivity index (χ3n) is 4.48. The van der Waals surface area contributed by atoms with Crippen molar-refractivity contribution in [2.75, 3.05) is 13.2 Å². The molecule has 0 fully saturated rings. The maximum absolute atomic E-state index is 12.6. The van der Waals surface area contributed by atoms with Gasteiger partial charge in [-0.05, 0) is 42.7 Å². The normalized spacial score (nSPS) is 13.0. The number of furan rings is 1. The summed E-state index contributed by atoms with van der Waals surface area (Å²) in [7, 11) is 0. The molecule has 0 aliphatic carbocycles. The molecule has 2 aromatic rings. The van der Waals surface area contributed by atoms with Crippen molar-refractivity contribution in [3.63, 3.8) is 0 Å². The monoisotopic (exact) mass is 398 g/mol. The van der Waals surface area contributed by atoms with Crippen molar-refractivity contribution in [3.05, 3.63) is 59.0 Å². The Hall–Kier alpha value is -3.42. The fourth-order valence-corrected chi connectivity index (χ4v) is 2.89. The molecule has 1 aromatic heterocycles. The fraction of sp³-hybridized carbons (Fsp3) is 0.333. The van der Waals surface area contributed by atoms with Crippen molar-refractivity contribution >= 4 is 23.7 Å². The molecular formula is C21H22N2O6. The molecule has 1 aliphatic rings. The van der Waals surface area contributed by atoms with Crippen LogP contribution in [0.3, 0.4) is 0 Å². The summed E-state index contributed by atoms with van der Waals surface area (Å²) in [6.45, 7) is 4.19. The molecule has 1 N–H and O–H groups in total. The van der Waals surface area contributed by atoms with Gasteiger partial charge in [0.05, 0.1) is 29.5 Å². The molecule has 0 unspecified atom stereocenters. The maximum atomic E-state index is 12.6. The van der Waals surface area contributed by atoms with E-state index in [2.05, 4.69) is 5.32 Å². The Bertz CT molecular complexity index is 933.